The number of pyridine rings is 1. The van der Waals surface area contributed by atoms with Gasteiger partial charge >= 0.3 is 6.18 Å². The van der Waals surface area contributed by atoms with Crippen LogP contribution in [0.2, 0.25) is 0 Å². The number of terminal acetylenes is 1. The van der Waals surface area contributed by atoms with Crippen molar-refractivity contribution in [2.75, 3.05) is 13.1 Å². The van der Waals surface area contributed by atoms with Crippen LogP contribution < -0.4 is 0 Å². The van der Waals surface area contributed by atoms with Crippen molar-refractivity contribution in [1.82, 2.24) is 19.9 Å². The number of likely N-dealkylation sites (tertiary alicyclic amines) is 1. The van der Waals surface area contributed by atoms with Gasteiger partial charge in [-0.05, 0) is 48.7 Å². The average molecular weight is 482 g/mol. The maximum Gasteiger partial charge on any atom is 0.416 e. The quantitative estimate of drug-likeness (QED) is 0.371. The van der Waals surface area contributed by atoms with Crippen molar-refractivity contribution in [3.05, 3.63) is 77.6 Å². The Hall–Kier alpha value is -3.80. The second kappa shape index (κ2) is 9.45. The fourth-order valence-electron chi connectivity index (χ4n) is 4.55. The van der Waals surface area contributed by atoms with Gasteiger partial charge in [0.1, 0.15) is 17.8 Å². The number of nitrogens with zero attached hydrogens (tertiary/aromatic N) is 4. The standard InChI is InChI=1S/C26H22F4N4O/c1-3-25(17(2)19-7-6-18(15-21(19)27)26(28,29)30)9-13-34(14-10-25)24(35)20-5-4-11-32-23(20)22-8-12-31-16-33-22/h1,4-8,11-12,15-17H,9-10,13-14H2,2H3. The topological polar surface area (TPSA) is 59.0 Å². The Balaban J connectivity index is 1.54. The van der Waals surface area contributed by atoms with E-state index in [-0.39, 0.29) is 11.5 Å². The summed E-state index contributed by atoms with van der Waals surface area (Å²) in [5, 5.41) is 0. The summed E-state index contributed by atoms with van der Waals surface area (Å²) in [7, 11) is 0. The van der Waals surface area contributed by atoms with Crippen molar-refractivity contribution < 1.29 is 22.4 Å². The lowest BCUT2D eigenvalue weighted by Gasteiger charge is -2.42. The molecule has 0 aliphatic carbocycles. The molecule has 9 heteroatoms. The van der Waals surface area contributed by atoms with Gasteiger partial charge in [0.15, 0.2) is 0 Å². The number of carbonyl (C=O) groups excluding carboxylic acids is 1. The SMILES string of the molecule is C#CC1(C(C)c2ccc(C(F)(F)F)cc2F)CCN(C(=O)c2cccnc2-c2ccncn2)CC1. The molecular weight excluding hydrogens is 460 g/mol. The minimum atomic E-state index is -4.63. The van der Waals surface area contributed by atoms with E-state index in [1.807, 2.05) is 0 Å². The summed E-state index contributed by atoms with van der Waals surface area (Å²) in [5.41, 5.74) is -0.367. The molecule has 1 unspecified atom stereocenters. The number of hydrogen-bond donors (Lipinski definition) is 0. The summed E-state index contributed by atoms with van der Waals surface area (Å²) >= 11 is 0. The van der Waals surface area contributed by atoms with Gasteiger partial charge in [0.25, 0.3) is 5.91 Å². The van der Waals surface area contributed by atoms with Crippen LogP contribution >= 0.6 is 0 Å². The Morgan fingerprint density at radius 3 is 2.49 bits per heavy atom. The third-order valence-electron chi connectivity index (χ3n) is 6.72. The van der Waals surface area contributed by atoms with Crippen molar-refractivity contribution in [3.8, 4) is 23.7 Å². The first-order valence-corrected chi connectivity index (χ1v) is 11.0. The molecule has 3 heterocycles. The fraction of sp³-hybridized carbons (Fsp3) is 0.308. The summed E-state index contributed by atoms with van der Waals surface area (Å²) in [6.45, 7) is 2.35. The first-order valence-electron chi connectivity index (χ1n) is 11.0. The third kappa shape index (κ3) is 4.74. The first kappa shape index (κ1) is 24.3. The average Bonchev–Trinajstić information content (AvgIpc) is 2.88. The van der Waals surface area contributed by atoms with Gasteiger partial charge in [-0.2, -0.15) is 13.2 Å². The Morgan fingerprint density at radius 2 is 1.89 bits per heavy atom. The molecule has 180 valence electrons. The van der Waals surface area contributed by atoms with E-state index in [4.69, 9.17) is 6.42 Å². The molecule has 1 aliphatic heterocycles. The number of piperidine rings is 1. The van der Waals surface area contributed by atoms with Crippen LogP contribution in [0.1, 0.15) is 47.2 Å². The van der Waals surface area contributed by atoms with E-state index in [1.54, 1.807) is 42.4 Å². The maximum atomic E-state index is 14.7. The molecule has 1 fully saturated rings. The summed E-state index contributed by atoms with van der Waals surface area (Å²) in [6, 6.07) is 7.54. The highest BCUT2D eigenvalue weighted by atomic mass is 19.4. The normalized spacial score (nSPS) is 16.4. The molecule has 2 aromatic heterocycles. The molecule has 0 bridgehead atoms. The molecule has 0 saturated carbocycles. The lowest BCUT2D eigenvalue weighted by Crippen LogP contribution is -2.45. The molecule has 1 atom stereocenters. The van der Waals surface area contributed by atoms with Gasteiger partial charge in [0.2, 0.25) is 0 Å². The number of aromatic nitrogens is 3. The second-order valence-electron chi connectivity index (χ2n) is 8.54. The van der Waals surface area contributed by atoms with Gasteiger partial charge in [-0.1, -0.05) is 18.9 Å². The smallest absolute Gasteiger partial charge is 0.338 e. The van der Waals surface area contributed by atoms with Crippen LogP contribution in [0.3, 0.4) is 0 Å². The van der Waals surface area contributed by atoms with E-state index in [0.717, 1.165) is 12.1 Å². The van der Waals surface area contributed by atoms with Crippen LogP contribution in [0.25, 0.3) is 11.4 Å². The van der Waals surface area contributed by atoms with Crippen molar-refractivity contribution in [2.45, 2.75) is 31.9 Å². The molecule has 1 aliphatic rings. The van der Waals surface area contributed by atoms with Gasteiger partial charge in [-0.15, -0.1) is 6.42 Å². The van der Waals surface area contributed by atoms with E-state index in [1.165, 1.54) is 6.33 Å². The van der Waals surface area contributed by atoms with Gasteiger partial charge < -0.3 is 4.90 Å². The van der Waals surface area contributed by atoms with Crippen molar-refractivity contribution in [1.29, 1.82) is 0 Å². The molecule has 3 aromatic rings. The van der Waals surface area contributed by atoms with Gasteiger partial charge in [0.05, 0.1) is 16.8 Å². The number of alkyl halides is 3. The summed E-state index contributed by atoms with van der Waals surface area (Å²) in [5.74, 6) is 1.06. The second-order valence-corrected chi connectivity index (χ2v) is 8.54. The number of rotatable bonds is 4. The lowest BCUT2D eigenvalue weighted by molar-refractivity contribution is -0.137. The molecule has 0 spiro atoms. The monoisotopic (exact) mass is 482 g/mol. The summed E-state index contributed by atoms with van der Waals surface area (Å²) in [4.78, 5) is 27.4. The highest BCUT2D eigenvalue weighted by Crippen LogP contribution is 2.45. The summed E-state index contributed by atoms with van der Waals surface area (Å²) < 4.78 is 53.5. The van der Waals surface area contributed by atoms with Gasteiger partial charge in [-0.3, -0.25) is 9.78 Å². The zero-order valence-electron chi connectivity index (χ0n) is 18.9. The Labute approximate surface area is 200 Å². The predicted molar refractivity (Wildman–Crippen MR) is 121 cm³/mol. The summed E-state index contributed by atoms with van der Waals surface area (Å²) in [6.07, 6.45) is 6.52. The number of amides is 1. The van der Waals surface area contributed by atoms with E-state index >= 15 is 0 Å². The molecule has 0 radical (unpaired) electrons. The Bertz CT molecular complexity index is 1260. The number of halogens is 4. The molecule has 4 rings (SSSR count). The molecule has 1 amide bonds. The lowest BCUT2D eigenvalue weighted by atomic mass is 9.67. The highest BCUT2D eigenvalue weighted by molar-refractivity contribution is 5.99. The zero-order valence-corrected chi connectivity index (χ0v) is 18.9. The van der Waals surface area contributed by atoms with E-state index < -0.39 is 28.9 Å². The van der Waals surface area contributed by atoms with Crippen molar-refractivity contribution in [2.24, 2.45) is 5.41 Å². The Kier molecular flexibility index (Phi) is 6.57. The first-order chi connectivity index (χ1) is 16.7. The van der Waals surface area contributed by atoms with Crippen LogP contribution in [-0.2, 0) is 6.18 Å². The zero-order chi connectivity index (χ0) is 25.2. The largest absolute Gasteiger partial charge is 0.416 e. The third-order valence-corrected chi connectivity index (χ3v) is 6.72. The van der Waals surface area contributed by atoms with E-state index in [9.17, 15) is 22.4 Å². The molecule has 0 N–H and O–H groups in total. The van der Waals surface area contributed by atoms with Crippen LogP contribution in [-0.4, -0.2) is 38.8 Å². The van der Waals surface area contributed by atoms with Crippen LogP contribution in [0.5, 0.6) is 0 Å². The maximum absolute atomic E-state index is 14.7. The fourth-order valence-corrected chi connectivity index (χ4v) is 4.55. The molecule has 35 heavy (non-hydrogen) atoms. The minimum absolute atomic E-state index is 0.133. The van der Waals surface area contributed by atoms with Gasteiger partial charge in [-0.25, -0.2) is 14.4 Å². The minimum Gasteiger partial charge on any atom is -0.338 e. The number of hydrogen-bond acceptors (Lipinski definition) is 4. The Morgan fingerprint density at radius 1 is 1.14 bits per heavy atom. The van der Waals surface area contributed by atoms with E-state index in [2.05, 4.69) is 20.9 Å². The number of carbonyl (C=O) groups is 1. The number of benzene rings is 1. The highest BCUT2D eigenvalue weighted by Gasteiger charge is 2.41. The van der Waals surface area contributed by atoms with E-state index in [0.29, 0.717) is 48.9 Å². The van der Waals surface area contributed by atoms with Crippen molar-refractivity contribution in [3.63, 3.8) is 0 Å². The molecule has 1 aromatic carbocycles. The van der Waals surface area contributed by atoms with Gasteiger partial charge in [0, 0.05) is 36.8 Å². The molecule has 5 nitrogen and oxygen atoms in total. The van der Waals surface area contributed by atoms with Crippen LogP contribution in [0.4, 0.5) is 17.6 Å². The van der Waals surface area contributed by atoms with Crippen molar-refractivity contribution >= 4 is 5.91 Å². The molecular formula is C26H22F4N4O. The predicted octanol–water partition coefficient (Wildman–Crippen LogP) is 5.36. The van der Waals surface area contributed by atoms with Crippen LogP contribution in [0, 0.1) is 23.6 Å². The van der Waals surface area contributed by atoms with Crippen LogP contribution in [0.15, 0.2) is 55.1 Å². The molecule has 1 saturated heterocycles.